The molecular weight excluding hydrogens is 306 g/mol. The number of aryl methyl sites for hydroxylation is 1. The molecule has 0 aromatic heterocycles. The Morgan fingerprint density at radius 1 is 1.21 bits per heavy atom. The van der Waals surface area contributed by atoms with Crippen LogP contribution >= 0.6 is 0 Å². The van der Waals surface area contributed by atoms with E-state index < -0.39 is 0 Å². The fourth-order valence-electron chi connectivity index (χ4n) is 3.14. The molecule has 2 heterocycles. The summed E-state index contributed by atoms with van der Waals surface area (Å²) < 4.78 is 5.76. The van der Waals surface area contributed by atoms with Gasteiger partial charge in [0, 0.05) is 39.1 Å². The highest BCUT2D eigenvalue weighted by Crippen LogP contribution is 2.13. The highest BCUT2D eigenvalue weighted by molar-refractivity contribution is 5.90. The molecule has 0 radical (unpaired) electrons. The average molecular weight is 331 g/mol. The van der Waals surface area contributed by atoms with E-state index in [-0.39, 0.29) is 17.9 Å². The van der Waals surface area contributed by atoms with Crippen LogP contribution in [0.2, 0.25) is 0 Å². The number of nitrogens with one attached hydrogen (secondary N) is 1. The van der Waals surface area contributed by atoms with Crippen molar-refractivity contribution in [1.29, 1.82) is 0 Å². The van der Waals surface area contributed by atoms with Crippen molar-refractivity contribution in [2.75, 3.05) is 39.3 Å². The lowest BCUT2D eigenvalue weighted by atomic mass is 10.2. The molecular formula is C18H25N3O3. The van der Waals surface area contributed by atoms with Gasteiger partial charge in [0.15, 0.2) is 0 Å². The second-order valence-electron chi connectivity index (χ2n) is 6.49. The van der Waals surface area contributed by atoms with E-state index >= 15 is 0 Å². The third kappa shape index (κ3) is 4.26. The Morgan fingerprint density at radius 3 is 2.54 bits per heavy atom. The number of benzene rings is 1. The minimum absolute atomic E-state index is 0.0137. The van der Waals surface area contributed by atoms with E-state index in [0.717, 1.165) is 38.5 Å². The van der Waals surface area contributed by atoms with Gasteiger partial charge in [0.1, 0.15) is 18.4 Å². The summed E-state index contributed by atoms with van der Waals surface area (Å²) in [6.07, 6.45) is 1.09. The number of ether oxygens (including phenoxy) is 1. The quantitative estimate of drug-likeness (QED) is 0.867. The Hall–Kier alpha value is -2.08. The van der Waals surface area contributed by atoms with Crippen molar-refractivity contribution in [3.63, 3.8) is 0 Å². The van der Waals surface area contributed by atoms with Crippen LogP contribution < -0.4 is 10.1 Å². The van der Waals surface area contributed by atoms with Crippen molar-refractivity contribution < 1.29 is 14.3 Å². The van der Waals surface area contributed by atoms with Crippen LogP contribution in [-0.4, -0.2) is 67.0 Å². The highest BCUT2D eigenvalue weighted by atomic mass is 16.5. The van der Waals surface area contributed by atoms with Gasteiger partial charge in [-0.1, -0.05) is 17.7 Å². The van der Waals surface area contributed by atoms with Crippen molar-refractivity contribution in [2.45, 2.75) is 25.8 Å². The van der Waals surface area contributed by atoms with Crippen LogP contribution in [0.15, 0.2) is 24.3 Å². The van der Waals surface area contributed by atoms with E-state index in [1.807, 2.05) is 29.2 Å². The second-order valence-corrected chi connectivity index (χ2v) is 6.49. The third-order valence-corrected chi connectivity index (χ3v) is 4.67. The van der Waals surface area contributed by atoms with Crippen molar-refractivity contribution in [3.05, 3.63) is 29.8 Å². The van der Waals surface area contributed by atoms with Gasteiger partial charge in [0.2, 0.25) is 11.8 Å². The maximum atomic E-state index is 12.3. The monoisotopic (exact) mass is 331 g/mol. The lowest BCUT2D eigenvalue weighted by molar-refractivity contribution is -0.136. The molecule has 1 unspecified atom stereocenters. The first kappa shape index (κ1) is 16.8. The van der Waals surface area contributed by atoms with Crippen LogP contribution in [0, 0.1) is 6.92 Å². The molecule has 6 nitrogen and oxygen atoms in total. The number of amides is 2. The summed E-state index contributed by atoms with van der Waals surface area (Å²) in [5, 5.41) is 2.75. The van der Waals surface area contributed by atoms with E-state index in [2.05, 4.69) is 17.1 Å². The summed E-state index contributed by atoms with van der Waals surface area (Å²) in [6.45, 7) is 6.70. The number of carbonyl (C=O) groups is 2. The van der Waals surface area contributed by atoms with Crippen LogP contribution in [0.1, 0.15) is 18.4 Å². The number of hydrogen-bond donors (Lipinski definition) is 1. The molecule has 0 saturated carbocycles. The van der Waals surface area contributed by atoms with Gasteiger partial charge in [-0.05, 0) is 25.5 Å². The second kappa shape index (κ2) is 7.66. The molecule has 0 bridgehead atoms. The Balaban J connectivity index is 1.36. The fourth-order valence-corrected chi connectivity index (χ4v) is 3.14. The smallest absolute Gasteiger partial charge is 0.245 e. The van der Waals surface area contributed by atoms with Crippen LogP contribution in [-0.2, 0) is 9.59 Å². The van der Waals surface area contributed by atoms with Gasteiger partial charge in [-0.25, -0.2) is 0 Å². The van der Waals surface area contributed by atoms with Gasteiger partial charge >= 0.3 is 0 Å². The third-order valence-electron chi connectivity index (χ3n) is 4.67. The first-order chi connectivity index (χ1) is 11.6. The number of hydrogen-bond acceptors (Lipinski definition) is 4. The van der Waals surface area contributed by atoms with Gasteiger partial charge in [-0.15, -0.1) is 0 Å². The summed E-state index contributed by atoms with van der Waals surface area (Å²) >= 11 is 0. The van der Waals surface area contributed by atoms with Gasteiger partial charge in [0.25, 0.3) is 0 Å². The van der Waals surface area contributed by atoms with Crippen molar-refractivity contribution in [2.24, 2.45) is 0 Å². The first-order valence-corrected chi connectivity index (χ1v) is 8.62. The zero-order chi connectivity index (χ0) is 16.9. The molecule has 1 atom stereocenters. The van der Waals surface area contributed by atoms with Crippen LogP contribution in [0.4, 0.5) is 0 Å². The minimum atomic E-state index is -0.311. The van der Waals surface area contributed by atoms with Crippen molar-refractivity contribution >= 4 is 11.8 Å². The number of carbonyl (C=O) groups excluding carboxylic acids is 2. The Morgan fingerprint density at radius 2 is 1.92 bits per heavy atom. The molecule has 1 N–H and O–H groups in total. The number of nitrogens with zero attached hydrogens (tertiary/aromatic N) is 2. The Bertz CT molecular complexity index is 580. The van der Waals surface area contributed by atoms with Crippen LogP contribution in [0.25, 0.3) is 0 Å². The van der Waals surface area contributed by atoms with E-state index in [1.54, 1.807) is 0 Å². The largest absolute Gasteiger partial charge is 0.492 e. The summed E-state index contributed by atoms with van der Waals surface area (Å²) in [4.78, 5) is 27.8. The molecule has 2 fully saturated rings. The molecule has 130 valence electrons. The molecule has 0 aliphatic carbocycles. The van der Waals surface area contributed by atoms with Crippen LogP contribution in [0.5, 0.6) is 5.75 Å². The molecule has 1 aromatic rings. The SMILES string of the molecule is Cc1ccc(OCCN2CCN(C(=O)C3CCC(=O)N3)CC2)cc1. The van der Waals surface area contributed by atoms with Gasteiger partial charge in [0.05, 0.1) is 0 Å². The lowest BCUT2D eigenvalue weighted by Crippen LogP contribution is -2.53. The van der Waals surface area contributed by atoms with Gasteiger partial charge < -0.3 is 15.0 Å². The van der Waals surface area contributed by atoms with Gasteiger partial charge in [-0.3, -0.25) is 14.5 Å². The molecule has 2 aliphatic rings. The molecule has 6 heteroatoms. The molecule has 3 rings (SSSR count). The zero-order valence-corrected chi connectivity index (χ0v) is 14.2. The highest BCUT2D eigenvalue weighted by Gasteiger charge is 2.32. The van der Waals surface area contributed by atoms with Gasteiger partial charge in [-0.2, -0.15) is 0 Å². The summed E-state index contributed by atoms with van der Waals surface area (Å²) in [7, 11) is 0. The van der Waals surface area contributed by atoms with Crippen LogP contribution in [0.3, 0.4) is 0 Å². The number of piperazine rings is 1. The predicted octanol–water partition coefficient (Wildman–Crippen LogP) is 0.797. The summed E-state index contributed by atoms with van der Waals surface area (Å²) in [6, 6.07) is 7.75. The first-order valence-electron chi connectivity index (χ1n) is 8.62. The molecule has 24 heavy (non-hydrogen) atoms. The number of rotatable bonds is 5. The Kier molecular flexibility index (Phi) is 5.35. The molecule has 1 aromatic carbocycles. The molecule has 0 spiro atoms. The maximum absolute atomic E-state index is 12.3. The summed E-state index contributed by atoms with van der Waals surface area (Å²) in [5.74, 6) is 0.947. The average Bonchev–Trinajstić information content (AvgIpc) is 3.03. The fraction of sp³-hybridized carbons (Fsp3) is 0.556. The zero-order valence-electron chi connectivity index (χ0n) is 14.2. The van der Waals surface area contributed by atoms with E-state index in [1.165, 1.54) is 5.56 Å². The molecule has 2 saturated heterocycles. The standard InChI is InChI=1S/C18H25N3O3/c1-14-2-4-15(5-3-14)24-13-12-20-8-10-21(11-9-20)18(23)16-6-7-17(22)19-16/h2-5,16H,6-13H2,1H3,(H,19,22). The van der Waals surface area contributed by atoms with E-state index in [9.17, 15) is 9.59 Å². The van der Waals surface area contributed by atoms with Crippen molar-refractivity contribution in [3.8, 4) is 5.75 Å². The topological polar surface area (TPSA) is 61.9 Å². The normalized spacial score (nSPS) is 21.6. The maximum Gasteiger partial charge on any atom is 0.245 e. The Labute approximate surface area is 142 Å². The van der Waals surface area contributed by atoms with Crippen molar-refractivity contribution in [1.82, 2.24) is 15.1 Å². The molecule has 2 aliphatic heterocycles. The minimum Gasteiger partial charge on any atom is -0.492 e. The van der Waals surface area contributed by atoms with E-state index in [0.29, 0.717) is 19.4 Å². The van der Waals surface area contributed by atoms with E-state index in [4.69, 9.17) is 4.74 Å². The predicted molar refractivity (Wildman–Crippen MR) is 90.9 cm³/mol. The molecule has 2 amide bonds. The lowest BCUT2D eigenvalue weighted by Gasteiger charge is -2.35. The summed E-state index contributed by atoms with van der Waals surface area (Å²) in [5.41, 5.74) is 1.22.